The van der Waals surface area contributed by atoms with Crippen molar-refractivity contribution >= 4 is 13.7 Å². The topological polar surface area (TPSA) is 105 Å². The van der Waals surface area contributed by atoms with Crippen LogP contribution in [0.3, 0.4) is 0 Å². The minimum absolute atomic E-state index is 0.0453. The summed E-state index contributed by atoms with van der Waals surface area (Å²) < 4.78 is 23.7. The number of carbonyl (C=O) groups excluding carboxylic acids is 1. The maximum absolute atomic E-state index is 13.0. The van der Waals surface area contributed by atoms with Gasteiger partial charge in [0.2, 0.25) is 5.91 Å². The zero-order chi connectivity index (χ0) is 55.6. The second-order valence-corrected chi connectivity index (χ2v) is 22.4. The van der Waals surface area contributed by atoms with Crippen LogP contribution in [0.5, 0.6) is 0 Å². The number of allylic oxidation sites excluding steroid dienone is 23. The number of hydrogen-bond acceptors (Lipinski definition) is 5. The summed E-state index contributed by atoms with van der Waals surface area (Å²) in [6.45, 7) is 4.65. The molecule has 432 valence electrons. The highest BCUT2D eigenvalue weighted by atomic mass is 31.2. The van der Waals surface area contributed by atoms with Crippen molar-refractivity contribution in [2.75, 3.05) is 40.9 Å². The Kier molecular flexibility index (Phi) is 53.4. The Morgan fingerprint density at radius 2 is 0.803 bits per heavy atom. The van der Waals surface area contributed by atoms with Gasteiger partial charge in [-0.15, -0.1) is 0 Å². The molecule has 0 spiro atoms. The highest BCUT2D eigenvalue weighted by molar-refractivity contribution is 7.47. The summed E-state index contributed by atoms with van der Waals surface area (Å²) in [5, 5.41) is 13.9. The Morgan fingerprint density at radius 3 is 1.21 bits per heavy atom. The van der Waals surface area contributed by atoms with Crippen molar-refractivity contribution in [3.05, 3.63) is 146 Å². The van der Waals surface area contributed by atoms with Gasteiger partial charge in [-0.05, 0) is 109 Å². The molecule has 0 aromatic heterocycles. The Balaban J connectivity index is 4.25. The Hall–Kier alpha value is -3.62. The molecule has 3 atom stereocenters. The lowest BCUT2D eigenvalue weighted by Gasteiger charge is -2.25. The third-order valence-corrected chi connectivity index (χ3v) is 13.5. The molecule has 0 rings (SSSR count). The number of phosphoric ester groups is 1. The minimum atomic E-state index is -4.37. The first kappa shape index (κ1) is 72.4. The van der Waals surface area contributed by atoms with Gasteiger partial charge < -0.3 is 19.8 Å². The zero-order valence-corrected chi connectivity index (χ0v) is 50.1. The first-order valence-electron chi connectivity index (χ1n) is 30.2. The molecular formula is C67H114N2O6P+. The number of phosphoric acid groups is 1. The number of quaternary nitrogens is 1. The molecule has 3 N–H and O–H groups in total. The average molecular weight is 1070 g/mol. The predicted octanol–water partition coefficient (Wildman–Crippen LogP) is 18.9. The van der Waals surface area contributed by atoms with Gasteiger partial charge in [-0.1, -0.05) is 250 Å². The number of nitrogens with one attached hydrogen (secondary N) is 1. The van der Waals surface area contributed by atoms with Crippen LogP contribution in [0.1, 0.15) is 219 Å². The highest BCUT2D eigenvalue weighted by Crippen LogP contribution is 2.43. The van der Waals surface area contributed by atoms with Crippen LogP contribution >= 0.6 is 7.82 Å². The Labute approximate surface area is 468 Å². The van der Waals surface area contributed by atoms with Crippen molar-refractivity contribution in [3.8, 4) is 0 Å². The number of unbranched alkanes of at least 4 members (excludes halogenated alkanes) is 18. The molecule has 9 heteroatoms. The van der Waals surface area contributed by atoms with Crippen molar-refractivity contribution in [1.82, 2.24) is 5.32 Å². The molecule has 0 aromatic carbocycles. The third kappa shape index (κ3) is 58.1. The molecule has 0 saturated heterocycles. The first-order chi connectivity index (χ1) is 37.0. The molecule has 0 aliphatic rings. The number of carbonyl (C=O) groups is 1. The van der Waals surface area contributed by atoms with Crippen LogP contribution in [-0.4, -0.2) is 73.4 Å². The van der Waals surface area contributed by atoms with Crippen LogP contribution in [0.2, 0.25) is 0 Å². The van der Waals surface area contributed by atoms with Gasteiger partial charge in [0.25, 0.3) is 0 Å². The number of hydrogen-bond donors (Lipinski definition) is 3. The van der Waals surface area contributed by atoms with Crippen molar-refractivity contribution in [2.24, 2.45) is 0 Å². The molecule has 0 aliphatic carbocycles. The first-order valence-corrected chi connectivity index (χ1v) is 31.7. The van der Waals surface area contributed by atoms with Gasteiger partial charge in [0, 0.05) is 6.42 Å². The van der Waals surface area contributed by atoms with Crippen molar-refractivity contribution in [1.29, 1.82) is 0 Å². The lowest BCUT2D eigenvalue weighted by Crippen LogP contribution is -2.45. The summed E-state index contributed by atoms with van der Waals surface area (Å²) >= 11 is 0. The smallest absolute Gasteiger partial charge is 0.387 e. The molecule has 76 heavy (non-hydrogen) atoms. The number of likely N-dealkylation sites (N-methyl/N-ethyl adjacent to an activating group) is 1. The second-order valence-electron chi connectivity index (χ2n) is 21.0. The lowest BCUT2D eigenvalue weighted by atomic mass is 10.1. The Bertz CT molecular complexity index is 1740. The summed E-state index contributed by atoms with van der Waals surface area (Å²) in [7, 11) is 1.52. The largest absolute Gasteiger partial charge is 0.472 e. The van der Waals surface area contributed by atoms with E-state index in [-0.39, 0.29) is 19.1 Å². The quantitative estimate of drug-likeness (QED) is 0.0243. The third-order valence-electron chi connectivity index (χ3n) is 12.5. The fraction of sp³-hybridized carbons (Fsp3) is 0.627. The molecule has 0 bridgehead atoms. The SMILES string of the molecule is CC/C=C\C/C=C\C/C=C\C/C=C\C/C=C\C/C=C\C/C=C\C/C=C\C/C=C\C/C=C\CCCCCCCCC(=O)NC(COP(=O)(O)OCC[N+](C)(C)C)C(O)/C=C/CC/C=C/CCCCCCCCCCCCC. The van der Waals surface area contributed by atoms with Gasteiger partial charge in [0.05, 0.1) is 39.9 Å². The van der Waals surface area contributed by atoms with E-state index in [1.54, 1.807) is 6.08 Å². The number of aliphatic hydroxyl groups is 1. The summed E-state index contributed by atoms with van der Waals surface area (Å²) in [6.07, 6.45) is 86.7. The number of rotatable bonds is 53. The summed E-state index contributed by atoms with van der Waals surface area (Å²) in [5.74, 6) is -0.208. The molecular weight excluding hydrogens is 960 g/mol. The van der Waals surface area contributed by atoms with Crippen LogP contribution in [0.4, 0.5) is 0 Å². The van der Waals surface area contributed by atoms with Crippen LogP contribution in [0.15, 0.2) is 146 Å². The maximum atomic E-state index is 13.0. The molecule has 1 amide bonds. The number of nitrogens with zero attached hydrogens (tertiary/aromatic N) is 1. The highest BCUT2D eigenvalue weighted by Gasteiger charge is 2.27. The van der Waals surface area contributed by atoms with Gasteiger partial charge in [-0.3, -0.25) is 13.8 Å². The van der Waals surface area contributed by atoms with Crippen LogP contribution < -0.4 is 5.32 Å². The van der Waals surface area contributed by atoms with Crippen molar-refractivity contribution in [2.45, 2.75) is 231 Å². The predicted molar refractivity (Wildman–Crippen MR) is 331 cm³/mol. The van der Waals surface area contributed by atoms with Crippen LogP contribution in [-0.2, 0) is 18.4 Å². The summed E-state index contributed by atoms with van der Waals surface area (Å²) in [4.78, 5) is 23.3. The van der Waals surface area contributed by atoms with Gasteiger partial charge in [-0.2, -0.15) is 0 Å². The normalized spacial score (nSPS) is 14.9. The van der Waals surface area contributed by atoms with Gasteiger partial charge in [0.15, 0.2) is 0 Å². The van der Waals surface area contributed by atoms with E-state index in [0.29, 0.717) is 17.4 Å². The zero-order valence-electron chi connectivity index (χ0n) is 49.2. The maximum Gasteiger partial charge on any atom is 0.472 e. The van der Waals surface area contributed by atoms with E-state index < -0.39 is 20.0 Å². The summed E-state index contributed by atoms with van der Waals surface area (Å²) in [6, 6.07) is -0.883. The molecule has 0 radical (unpaired) electrons. The van der Waals surface area contributed by atoms with Crippen molar-refractivity contribution < 1.29 is 32.9 Å². The van der Waals surface area contributed by atoms with Crippen molar-refractivity contribution in [3.63, 3.8) is 0 Å². The number of aliphatic hydroxyl groups excluding tert-OH is 1. The Morgan fingerprint density at radius 1 is 0.461 bits per heavy atom. The summed E-state index contributed by atoms with van der Waals surface area (Å²) in [5.41, 5.74) is 0. The van der Waals surface area contributed by atoms with E-state index >= 15 is 0 Å². The molecule has 3 unspecified atom stereocenters. The van der Waals surface area contributed by atoms with Gasteiger partial charge in [-0.25, -0.2) is 4.57 Å². The minimum Gasteiger partial charge on any atom is -0.387 e. The fourth-order valence-electron chi connectivity index (χ4n) is 7.85. The standard InChI is InChI=1S/C67H113N2O6P/c1-6-8-10-12-14-16-18-20-22-24-25-26-27-28-29-30-31-32-33-34-35-36-37-38-39-40-41-42-43-45-47-49-51-53-55-57-59-61-67(71)68-65(64-75-76(72,73)74-63-62-69(3,4)5)66(70)60-58-56-54-52-50-48-46-44-23-21-19-17-15-13-11-9-7-2/h8,10,14,16,20,22,25-26,28-29,31-32,34-35,37-38,40-41,43,45,50,52,58,60,65-66,70H,6-7,9,11-13,15,17-19,21,23-24,27,30,33,36,39,42,44,46-49,51,53-57,59,61-64H2,1-5H3,(H-,68,71,72,73)/p+1/b10-8-,16-14-,22-20-,26-25-,29-28-,32-31-,35-34-,38-37-,41-40-,45-43-,52-50+,60-58+. The van der Waals surface area contributed by atoms with E-state index in [2.05, 4.69) is 153 Å². The molecule has 0 heterocycles. The molecule has 0 fully saturated rings. The fourth-order valence-corrected chi connectivity index (χ4v) is 8.59. The lowest BCUT2D eigenvalue weighted by molar-refractivity contribution is -0.870. The van der Waals surface area contributed by atoms with E-state index in [1.807, 2.05) is 27.2 Å². The van der Waals surface area contributed by atoms with E-state index in [1.165, 1.54) is 70.6 Å². The second kappa shape index (κ2) is 56.1. The molecule has 0 aromatic rings. The molecule has 8 nitrogen and oxygen atoms in total. The van der Waals surface area contributed by atoms with Crippen LogP contribution in [0, 0.1) is 0 Å². The van der Waals surface area contributed by atoms with E-state index in [4.69, 9.17) is 9.05 Å². The van der Waals surface area contributed by atoms with E-state index in [9.17, 15) is 19.4 Å². The van der Waals surface area contributed by atoms with E-state index in [0.717, 1.165) is 128 Å². The molecule has 0 aliphatic heterocycles. The molecule has 0 saturated carbocycles. The number of amides is 1. The monoisotopic (exact) mass is 1070 g/mol. The average Bonchev–Trinajstić information content (AvgIpc) is 3.38. The van der Waals surface area contributed by atoms with Crippen LogP contribution in [0.25, 0.3) is 0 Å². The van der Waals surface area contributed by atoms with Gasteiger partial charge >= 0.3 is 7.82 Å². The van der Waals surface area contributed by atoms with Gasteiger partial charge in [0.1, 0.15) is 13.2 Å².